The third kappa shape index (κ3) is 4.28. The normalized spacial score (nSPS) is 18.7. The van der Waals surface area contributed by atoms with Crippen molar-refractivity contribution in [1.29, 1.82) is 5.41 Å². The molecule has 1 aliphatic heterocycles. The number of hydrogen-bond donors (Lipinski definition) is 3. The van der Waals surface area contributed by atoms with Crippen molar-refractivity contribution in [1.82, 2.24) is 0 Å². The number of hydrazone groups is 2. The maximum absolute atomic E-state index is 8.29. The number of para-hydroxylation sites is 2. The highest BCUT2D eigenvalue weighted by Crippen LogP contribution is 2.32. The number of nitrogens with one attached hydrogen (secondary N) is 3. The molecule has 1 atom stereocenters. The fraction of sp³-hybridized carbons (Fsp3) is 0.0455. The zero-order valence-electron chi connectivity index (χ0n) is 15.3. The van der Waals surface area contributed by atoms with Crippen LogP contribution in [0, 0.1) is 5.41 Å². The van der Waals surface area contributed by atoms with Crippen LogP contribution < -0.4 is 10.9 Å². The van der Waals surface area contributed by atoms with Crippen LogP contribution in [0.5, 0.6) is 0 Å². The van der Waals surface area contributed by atoms with E-state index in [1.807, 2.05) is 78.9 Å². The number of halogens is 1. The van der Waals surface area contributed by atoms with E-state index in [1.165, 1.54) is 0 Å². The molecule has 0 radical (unpaired) electrons. The van der Waals surface area contributed by atoms with Crippen molar-refractivity contribution < 1.29 is 4.74 Å². The zero-order chi connectivity index (χ0) is 20.1. The van der Waals surface area contributed by atoms with Crippen molar-refractivity contribution in [3.8, 4) is 0 Å². The van der Waals surface area contributed by atoms with Crippen molar-refractivity contribution in [3.05, 3.63) is 95.5 Å². The molecule has 0 spiro atoms. The average Bonchev–Trinajstić information content (AvgIpc) is 3.07. The largest absolute Gasteiger partial charge is 0.461 e. The fourth-order valence-corrected chi connectivity index (χ4v) is 3.09. The van der Waals surface area contributed by atoms with Gasteiger partial charge in [-0.05, 0) is 30.3 Å². The van der Waals surface area contributed by atoms with Crippen molar-refractivity contribution >= 4 is 40.3 Å². The van der Waals surface area contributed by atoms with Gasteiger partial charge >= 0.3 is 0 Å². The Labute approximate surface area is 173 Å². The van der Waals surface area contributed by atoms with Crippen LogP contribution in [0.3, 0.4) is 0 Å². The molecular formula is C22H18ClN5O. The Morgan fingerprint density at radius 2 is 1.31 bits per heavy atom. The summed E-state index contributed by atoms with van der Waals surface area (Å²) in [6.07, 6.45) is -0.635. The molecular weight excluding hydrogens is 386 g/mol. The first kappa shape index (κ1) is 18.7. The molecule has 7 heteroatoms. The van der Waals surface area contributed by atoms with Gasteiger partial charge < -0.3 is 4.74 Å². The van der Waals surface area contributed by atoms with Crippen molar-refractivity contribution in [2.45, 2.75) is 6.10 Å². The summed E-state index contributed by atoms with van der Waals surface area (Å²) in [5, 5.41) is 17.7. The fourth-order valence-electron chi connectivity index (χ4n) is 2.86. The molecule has 3 aromatic carbocycles. The molecule has 6 nitrogen and oxygen atoms in total. The lowest BCUT2D eigenvalue weighted by Crippen LogP contribution is -2.19. The number of anilines is 2. The molecule has 0 saturated carbocycles. The number of benzene rings is 3. The van der Waals surface area contributed by atoms with Crippen molar-refractivity contribution in [3.63, 3.8) is 0 Å². The summed E-state index contributed by atoms with van der Waals surface area (Å²) >= 11 is 6.37. The van der Waals surface area contributed by atoms with Crippen molar-refractivity contribution in [2.75, 3.05) is 10.9 Å². The van der Waals surface area contributed by atoms with E-state index in [0.717, 1.165) is 16.9 Å². The highest BCUT2D eigenvalue weighted by atomic mass is 35.5. The van der Waals surface area contributed by atoms with Gasteiger partial charge in [-0.2, -0.15) is 10.2 Å². The Hall–Kier alpha value is -3.64. The molecule has 3 aromatic rings. The van der Waals surface area contributed by atoms with E-state index in [-0.39, 0.29) is 5.90 Å². The van der Waals surface area contributed by atoms with Gasteiger partial charge in [0.1, 0.15) is 5.71 Å². The minimum Gasteiger partial charge on any atom is -0.461 e. The van der Waals surface area contributed by atoms with Crippen LogP contribution in [0.15, 0.2) is 95.1 Å². The second-order valence-corrected chi connectivity index (χ2v) is 6.67. The average molecular weight is 404 g/mol. The molecule has 0 unspecified atom stereocenters. The second kappa shape index (κ2) is 8.58. The van der Waals surface area contributed by atoms with Gasteiger partial charge in [0.25, 0.3) is 0 Å². The smallest absolute Gasteiger partial charge is 0.237 e. The standard InChI is InChI=1S/C22H18ClN5O/c23-18-14-8-7-13-17(18)21-19(27-25-15-9-3-1-4-10-15)20(22(24)29-21)28-26-16-11-5-2-6-12-16/h1-14,21,24-26H/b24-22?,27-19+,28-20+/t21-/m0/s1. The minimum absolute atomic E-state index is 0.0769. The van der Waals surface area contributed by atoms with Gasteiger partial charge in [0.05, 0.1) is 11.4 Å². The molecule has 0 amide bonds. The van der Waals surface area contributed by atoms with E-state index in [2.05, 4.69) is 21.1 Å². The van der Waals surface area contributed by atoms with Crippen LogP contribution >= 0.6 is 11.6 Å². The number of nitrogens with zero attached hydrogens (tertiary/aromatic N) is 2. The summed E-state index contributed by atoms with van der Waals surface area (Å²) < 4.78 is 5.79. The monoisotopic (exact) mass is 403 g/mol. The summed E-state index contributed by atoms with van der Waals surface area (Å²) in [5.41, 5.74) is 9.07. The van der Waals surface area contributed by atoms with Crippen LogP contribution in [-0.2, 0) is 4.74 Å². The number of ether oxygens (including phenoxy) is 1. The lowest BCUT2D eigenvalue weighted by molar-refractivity contribution is 0.275. The quantitative estimate of drug-likeness (QED) is 0.504. The molecule has 4 rings (SSSR count). The predicted octanol–water partition coefficient (Wildman–Crippen LogP) is 5.32. The third-order valence-corrected chi connectivity index (χ3v) is 4.62. The Bertz CT molecular complexity index is 1070. The van der Waals surface area contributed by atoms with Crippen LogP contribution in [-0.4, -0.2) is 17.3 Å². The maximum atomic E-state index is 8.29. The molecule has 144 valence electrons. The van der Waals surface area contributed by atoms with E-state index in [0.29, 0.717) is 16.4 Å². The third-order valence-electron chi connectivity index (χ3n) is 4.28. The first-order chi connectivity index (χ1) is 14.2. The molecule has 1 aliphatic rings. The summed E-state index contributed by atoms with van der Waals surface area (Å²) in [6, 6.07) is 26.4. The van der Waals surface area contributed by atoms with E-state index in [1.54, 1.807) is 6.07 Å². The number of rotatable bonds is 5. The van der Waals surface area contributed by atoms with E-state index in [9.17, 15) is 0 Å². The highest BCUT2D eigenvalue weighted by molar-refractivity contribution is 6.70. The lowest BCUT2D eigenvalue weighted by atomic mass is 10.0. The predicted molar refractivity (Wildman–Crippen MR) is 118 cm³/mol. The Morgan fingerprint density at radius 1 is 0.759 bits per heavy atom. The summed E-state index contributed by atoms with van der Waals surface area (Å²) in [7, 11) is 0. The topological polar surface area (TPSA) is 81.9 Å². The molecule has 3 N–H and O–H groups in total. The van der Waals surface area contributed by atoms with Gasteiger partial charge in [-0.25, -0.2) is 0 Å². The lowest BCUT2D eigenvalue weighted by Gasteiger charge is -2.12. The van der Waals surface area contributed by atoms with Gasteiger partial charge in [0.2, 0.25) is 5.90 Å². The first-order valence-electron chi connectivity index (χ1n) is 9.00. The van der Waals surface area contributed by atoms with Crippen LogP contribution in [0.1, 0.15) is 11.7 Å². The van der Waals surface area contributed by atoms with Gasteiger partial charge in [-0.15, -0.1) is 0 Å². The maximum Gasteiger partial charge on any atom is 0.237 e. The molecule has 1 heterocycles. The van der Waals surface area contributed by atoms with Gasteiger partial charge in [0, 0.05) is 10.6 Å². The number of hydrogen-bond acceptors (Lipinski definition) is 6. The molecule has 0 bridgehead atoms. The first-order valence-corrected chi connectivity index (χ1v) is 9.38. The highest BCUT2D eigenvalue weighted by Gasteiger charge is 2.38. The Kier molecular flexibility index (Phi) is 5.54. The summed E-state index contributed by atoms with van der Waals surface area (Å²) in [4.78, 5) is 0. The van der Waals surface area contributed by atoms with Crippen LogP contribution in [0.4, 0.5) is 11.4 Å². The minimum atomic E-state index is -0.635. The summed E-state index contributed by atoms with van der Waals surface area (Å²) in [6.45, 7) is 0. The summed E-state index contributed by atoms with van der Waals surface area (Å²) in [5.74, 6) is -0.0769. The Balaban J connectivity index is 1.70. The zero-order valence-corrected chi connectivity index (χ0v) is 16.1. The van der Waals surface area contributed by atoms with Gasteiger partial charge in [0.15, 0.2) is 11.8 Å². The molecule has 1 saturated heterocycles. The molecule has 0 aliphatic carbocycles. The van der Waals surface area contributed by atoms with E-state index >= 15 is 0 Å². The SMILES string of the molecule is N=C1O[C@@H](c2ccccc2Cl)C(=N/Nc2ccccc2)/C1=N\Nc1ccccc1. The van der Waals surface area contributed by atoms with Crippen molar-refractivity contribution in [2.24, 2.45) is 10.2 Å². The molecule has 0 aromatic heterocycles. The van der Waals surface area contributed by atoms with Gasteiger partial charge in [-0.3, -0.25) is 16.3 Å². The second-order valence-electron chi connectivity index (χ2n) is 6.26. The molecule has 1 fully saturated rings. The van der Waals surface area contributed by atoms with E-state index in [4.69, 9.17) is 21.7 Å². The molecule has 29 heavy (non-hydrogen) atoms. The van der Waals surface area contributed by atoms with Crippen LogP contribution in [0.25, 0.3) is 0 Å². The van der Waals surface area contributed by atoms with Gasteiger partial charge in [-0.1, -0.05) is 66.2 Å². The van der Waals surface area contributed by atoms with Crippen LogP contribution in [0.2, 0.25) is 5.02 Å². The Morgan fingerprint density at radius 3 is 1.93 bits per heavy atom. The van der Waals surface area contributed by atoms with E-state index < -0.39 is 6.10 Å².